The van der Waals surface area contributed by atoms with Crippen LogP contribution in [-0.4, -0.2) is 17.5 Å². The van der Waals surface area contributed by atoms with E-state index in [1.165, 1.54) is 31.4 Å². The van der Waals surface area contributed by atoms with Gasteiger partial charge in [0.25, 0.3) is 0 Å². The maximum Gasteiger partial charge on any atom is 0.200 e. The monoisotopic (exact) mass is 1030 g/mol. The van der Waals surface area contributed by atoms with Gasteiger partial charge in [0.1, 0.15) is 70.4 Å². The topological polar surface area (TPSA) is 20.2 Å². The van der Waals surface area contributed by atoms with E-state index in [9.17, 15) is 57.8 Å². The zero-order valence-corrected chi connectivity index (χ0v) is 35.3. The molecule has 1 atom stereocenters. The quantitative estimate of drug-likeness (QED) is 0.0564. The zero-order valence-electron chi connectivity index (χ0n) is 33.7. The Labute approximate surface area is 381 Å². The second-order valence-electron chi connectivity index (χ2n) is 14.9. The molecule has 360 valence electrons. The zero-order chi connectivity index (χ0) is 50.9. The minimum absolute atomic E-state index is 0.141. The third-order valence-electron chi connectivity index (χ3n) is 11.0. The van der Waals surface area contributed by atoms with Gasteiger partial charge in [0.15, 0.2) is 74.7 Å². The third-order valence-corrected chi connectivity index (χ3v) is 14.1. The van der Waals surface area contributed by atoms with Crippen molar-refractivity contribution in [1.82, 2.24) is 0 Å². The minimum Gasteiger partial charge on any atom is -0.508 e. The van der Waals surface area contributed by atoms with Crippen LogP contribution in [0.4, 0.5) is 87.8 Å². The summed E-state index contributed by atoms with van der Waals surface area (Å²) in [5.74, 6) is -70.0. The van der Waals surface area contributed by atoms with Crippen LogP contribution in [0.5, 0.6) is 5.75 Å². The molecule has 1 nitrogen and oxygen atoms in total. The van der Waals surface area contributed by atoms with Crippen molar-refractivity contribution >= 4 is 50.7 Å². The largest absolute Gasteiger partial charge is 0.508 e. The SMILES string of the molecule is C[S+](Cc1ccc2c(c1)Sc1ccccc1C2)c1ccc(O)cc1.Fc1c(F)c(F)c([B-](c2c(F)c(F)c(F)c(F)c2F)(c2c(F)c(F)c(F)c(F)c2F)c2c(F)c(F)c(F)c(F)c2F)c(F)c1F. The fourth-order valence-corrected chi connectivity index (χ4v) is 10.5. The second-order valence-corrected chi connectivity index (χ2v) is 18.0. The molecule has 1 unspecified atom stereocenters. The summed E-state index contributed by atoms with van der Waals surface area (Å²) in [6.45, 7) is 0. The van der Waals surface area contributed by atoms with Crippen molar-refractivity contribution in [3.63, 3.8) is 0 Å². The van der Waals surface area contributed by atoms with E-state index in [1.807, 2.05) is 23.9 Å². The number of fused-ring (bicyclic) bond motifs is 2. The number of rotatable bonds is 7. The van der Waals surface area contributed by atoms with Crippen molar-refractivity contribution in [1.29, 1.82) is 0 Å². The van der Waals surface area contributed by atoms with E-state index in [2.05, 4.69) is 48.7 Å². The van der Waals surface area contributed by atoms with Crippen LogP contribution >= 0.6 is 11.8 Å². The van der Waals surface area contributed by atoms with E-state index in [-0.39, 0.29) is 10.9 Å². The fourth-order valence-electron chi connectivity index (χ4n) is 7.89. The van der Waals surface area contributed by atoms with Crippen LogP contribution in [0, 0.1) is 116 Å². The lowest BCUT2D eigenvalue weighted by Crippen LogP contribution is -2.81. The molecule has 1 N–H and O–H groups in total. The van der Waals surface area contributed by atoms with Gasteiger partial charge in [-0.2, -0.15) is 0 Å². The first-order valence-corrected chi connectivity index (χ1v) is 21.5. The molecule has 1 aliphatic heterocycles. The molecule has 0 aliphatic carbocycles. The Balaban J connectivity index is 0.000000244. The Bertz CT molecular complexity index is 2860. The van der Waals surface area contributed by atoms with Crippen LogP contribution in [0.1, 0.15) is 16.7 Å². The van der Waals surface area contributed by atoms with E-state index >= 15 is 35.1 Å². The maximum atomic E-state index is 15.4. The molecule has 1 aliphatic rings. The van der Waals surface area contributed by atoms with E-state index in [4.69, 9.17) is 0 Å². The molecule has 0 spiro atoms. The van der Waals surface area contributed by atoms with Crippen LogP contribution in [0.2, 0.25) is 0 Å². The van der Waals surface area contributed by atoms with Crippen molar-refractivity contribution in [3.8, 4) is 5.75 Å². The van der Waals surface area contributed by atoms with Gasteiger partial charge in [-0.1, -0.05) is 42.1 Å². The lowest BCUT2D eigenvalue weighted by Gasteiger charge is -2.44. The predicted molar refractivity (Wildman–Crippen MR) is 212 cm³/mol. The summed E-state index contributed by atoms with van der Waals surface area (Å²) in [4.78, 5) is 4.08. The molecule has 0 amide bonds. The highest BCUT2D eigenvalue weighted by Crippen LogP contribution is 2.40. The van der Waals surface area contributed by atoms with E-state index in [0.29, 0.717) is 5.75 Å². The Hall–Kier alpha value is -6.30. The number of aromatic hydroxyl groups is 1. The number of hydrogen-bond donors (Lipinski definition) is 1. The molecule has 8 rings (SSSR count). The van der Waals surface area contributed by atoms with Crippen molar-refractivity contribution in [2.75, 3.05) is 6.26 Å². The molecule has 0 fully saturated rings. The minimum atomic E-state index is -7.22. The molecule has 0 saturated heterocycles. The Morgan fingerprint density at radius 2 is 0.725 bits per heavy atom. The Morgan fingerprint density at radius 1 is 0.406 bits per heavy atom. The molecule has 7 aromatic carbocycles. The lowest BCUT2D eigenvalue weighted by atomic mass is 9.12. The van der Waals surface area contributed by atoms with E-state index < -0.39 is 144 Å². The first-order chi connectivity index (χ1) is 32.4. The Kier molecular flexibility index (Phi) is 13.8. The first-order valence-electron chi connectivity index (χ1n) is 18.9. The van der Waals surface area contributed by atoms with Gasteiger partial charge in [0, 0.05) is 26.2 Å². The molecule has 69 heavy (non-hydrogen) atoms. The molecule has 0 saturated carbocycles. The highest BCUT2D eigenvalue weighted by Gasteiger charge is 2.52. The number of phenolic OH excluding ortho intramolecular Hbond substituents is 1. The van der Waals surface area contributed by atoms with Gasteiger partial charge >= 0.3 is 0 Å². The molecule has 24 heteroatoms. The van der Waals surface area contributed by atoms with Crippen molar-refractivity contribution in [2.45, 2.75) is 26.9 Å². The van der Waals surface area contributed by atoms with Crippen molar-refractivity contribution in [3.05, 3.63) is 200 Å². The molecular weight excluding hydrogens is 1010 g/mol. The molecule has 0 radical (unpaired) electrons. The standard InChI is InChI=1S/C24BF20.C21H18OS2/c26-5-1(6(27)14(35)21(42)13(5)34)25(2-7(28)15(36)22(43)16(37)8(2)29,3-9(30)17(38)23(44)18(39)10(3)31)4-11(32)19(40)24(45)20(41)12(4)33;1-24(19-10-8-18(22)9-11-19)14-15-6-7-17-13-16-4-2-3-5-20(16)23-21(17)12-15/h;2-12H,13-14H2,1H3/q-1;/p+1. The highest BCUT2D eigenvalue weighted by molar-refractivity contribution is 7.99. The average Bonchev–Trinajstić information content (AvgIpc) is 3.33. The van der Waals surface area contributed by atoms with Gasteiger partial charge in [0.2, 0.25) is 0 Å². The Morgan fingerprint density at radius 3 is 1.09 bits per heavy atom. The first kappa shape index (κ1) is 50.6. The maximum absolute atomic E-state index is 15.4. The summed E-state index contributed by atoms with van der Waals surface area (Å²) in [5, 5.41) is 9.44. The predicted octanol–water partition coefficient (Wildman–Crippen LogP) is 11.1. The van der Waals surface area contributed by atoms with Crippen LogP contribution in [0.3, 0.4) is 0 Å². The van der Waals surface area contributed by atoms with E-state index in [1.54, 1.807) is 12.1 Å². The van der Waals surface area contributed by atoms with Crippen molar-refractivity contribution < 1.29 is 92.9 Å². The molecule has 7 aromatic rings. The number of phenols is 1. The molecule has 1 heterocycles. The molecule has 0 aromatic heterocycles. The number of halogens is 20. The van der Waals surface area contributed by atoms with Crippen LogP contribution < -0.4 is 21.9 Å². The van der Waals surface area contributed by atoms with Crippen molar-refractivity contribution in [2.24, 2.45) is 0 Å². The van der Waals surface area contributed by atoms with Gasteiger partial charge in [-0.15, -0.1) is 21.9 Å². The summed E-state index contributed by atoms with van der Waals surface area (Å²) in [6.07, 6.45) is -3.91. The smallest absolute Gasteiger partial charge is 0.200 e. The van der Waals surface area contributed by atoms with Gasteiger partial charge in [0.05, 0.1) is 0 Å². The lowest BCUT2D eigenvalue weighted by molar-refractivity contribution is 0.378. The van der Waals surface area contributed by atoms with E-state index in [0.717, 1.165) is 12.2 Å². The summed E-state index contributed by atoms with van der Waals surface area (Å²) >= 11 is 1.89. The molecule has 0 bridgehead atoms. The van der Waals surface area contributed by atoms with Gasteiger partial charge in [-0.05, 0) is 53.9 Å². The molecular formula is C45H19BF20OS2. The second kappa shape index (κ2) is 18.9. The highest BCUT2D eigenvalue weighted by atomic mass is 32.2. The fraction of sp³-hybridized carbons (Fsp3) is 0.0667. The normalized spacial score (nSPS) is 12.7. The van der Waals surface area contributed by atoms with Crippen LogP contribution in [0.15, 0.2) is 81.4 Å². The van der Waals surface area contributed by atoms with Crippen LogP contribution in [-0.2, 0) is 23.1 Å². The summed E-state index contributed by atoms with van der Waals surface area (Å²) in [5.41, 5.74) is -10.1. The van der Waals surface area contributed by atoms with Gasteiger partial charge in [-0.3, -0.25) is 0 Å². The van der Waals surface area contributed by atoms with Crippen LogP contribution in [0.25, 0.3) is 0 Å². The number of benzene rings is 7. The number of hydrogen-bond acceptors (Lipinski definition) is 2. The third kappa shape index (κ3) is 8.21. The average molecular weight is 1030 g/mol. The summed E-state index contributed by atoms with van der Waals surface area (Å²) < 4.78 is 294. The summed E-state index contributed by atoms with van der Waals surface area (Å²) in [6, 6.07) is 23.2. The van der Waals surface area contributed by atoms with Gasteiger partial charge < -0.3 is 5.11 Å². The summed E-state index contributed by atoms with van der Waals surface area (Å²) in [7, 11) is 0.141. The van der Waals surface area contributed by atoms with Gasteiger partial charge in [-0.25, -0.2) is 87.8 Å².